The molecule has 25 heavy (non-hydrogen) atoms. The van der Waals surface area contributed by atoms with Crippen molar-refractivity contribution in [2.24, 2.45) is 4.99 Å². The third-order valence-corrected chi connectivity index (χ3v) is 5.10. The van der Waals surface area contributed by atoms with E-state index in [0.29, 0.717) is 18.1 Å². The van der Waals surface area contributed by atoms with Crippen LogP contribution in [0.4, 0.5) is 4.39 Å². The van der Waals surface area contributed by atoms with Crippen LogP contribution in [-0.2, 0) is 13.0 Å². The number of aromatic nitrogens is 1. The van der Waals surface area contributed by atoms with Gasteiger partial charge in [0, 0.05) is 34.4 Å². The minimum Gasteiger partial charge on any atom is -0.357 e. The zero-order valence-electron chi connectivity index (χ0n) is 14.5. The average Bonchev–Trinajstić information content (AvgIpc) is 2.84. The zero-order chi connectivity index (χ0) is 17.5. The second-order valence-electron chi connectivity index (χ2n) is 5.36. The zero-order valence-corrected chi connectivity index (χ0v) is 19.3. The van der Waals surface area contributed by atoms with Gasteiger partial charge >= 0.3 is 0 Å². The molecule has 0 aliphatic carbocycles. The summed E-state index contributed by atoms with van der Waals surface area (Å²) in [5.41, 5.74) is 1.67. The van der Waals surface area contributed by atoms with Crippen LogP contribution >= 0.6 is 51.2 Å². The van der Waals surface area contributed by atoms with Crippen LogP contribution in [0.3, 0.4) is 0 Å². The van der Waals surface area contributed by atoms with Crippen LogP contribution in [0.1, 0.15) is 28.1 Å². The molecule has 0 saturated heterocycles. The van der Waals surface area contributed by atoms with Crippen molar-refractivity contribution in [2.45, 2.75) is 33.7 Å². The van der Waals surface area contributed by atoms with Gasteiger partial charge in [-0.3, -0.25) is 0 Å². The predicted molar refractivity (Wildman–Crippen MR) is 118 cm³/mol. The van der Waals surface area contributed by atoms with Gasteiger partial charge in [0.05, 0.1) is 17.2 Å². The summed E-state index contributed by atoms with van der Waals surface area (Å²) in [4.78, 5) is 10.2. The first-order valence-electron chi connectivity index (χ1n) is 7.88. The molecule has 138 valence electrons. The molecule has 0 aliphatic heterocycles. The van der Waals surface area contributed by atoms with Crippen molar-refractivity contribution < 1.29 is 4.39 Å². The first-order chi connectivity index (χ1) is 11.5. The van der Waals surface area contributed by atoms with Crippen LogP contribution in [0, 0.1) is 19.7 Å². The molecule has 0 atom stereocenters. The molecule has 0 aliphatic rings. The van der Waals surface area contributed by atoms with E-state index in [4.69, 9.17) is 0 Å². The van der Waals surface area contributed by atoms with Crippen molar-refractivity contribution >= 4 is 57.2 Å². The molecule has 0 spiro atoms. The molecular weight excluding hydrogens is 518 g/mol. The lowest BCUT2D eigenvalue weighted by atomic mass is 10.2. The summed E-state index contributed by atoms with van der Waals surface area (Å²) in [6.07, 6.45) is 0.844. The fourth-order valence-electron chi connectivity index (χ4n) is 2.09. The standard InChI is InChI=1S/C17H22BrFN4S.HI/c1-4-20-17(21-8-7-16-23-11(2)12(3)24-16)22-10-13-5-6-14(18)9-15(13)19;/h5-6,9H,4,7-8,10H2,1-3H3,(H2,20,21,22);1H. The van der Waals surface area contributed by atoms with Gasteiger partial charge in [0.1, 0.15) is 5.82 Å². The molecule has 2 rings (SSSR count). The minimum absolute atomic E-state index is 0. The lowest BCUT2D eigenvalue weighted by Gasteiger charge is -2.11. The highest BCUT2D eigenvalue weighted by Crippen LogP contribution is 2.17. The van der Waals surface area contributed by atoms with E-state index in [0.717, 1.165) is 34.7 Å². The molecule has 2 aromatic rings. The molecule has 8 heteroatoms. The Kier molecular flexibility index (Phi) is 9.88. The summed E-state index contributed by atoms with van der Waals surface area (Å²) >= 11 is 4.99. The number of guanidine groups is 1. The van der Waals surface area contributed by atoms with Crippen molar-refractivity contribution in [1.82, 2.24) is 15.6 Å². The molecule has 1 heterocycles. The van der Waals surface area contributed by atoms with Gasteiger partial charge in [-0.15, -0.1) is 35.3 Å². The number of aliphatic imine (C=N–C) groups is 1. The van der Waals surface area contributed by atoms with E-state index in [9.17, 15) is 4.39 Å². The first-order valence-corrected chi connectivity index (χ1v) is 9.49. The Balaban J connectivity index is 0.00000312. The molecule has 0 unspecified atom stereocenters. The Morgan fingerprint density at radius 1 is 1.32 bits per heavy atom. The fraction of sp³-hybridized carbons (Fsp3) is 0.412. The van der Waals surface area contributed by atoms with Gasteiger partial charge in [-0.05, 0) is 32.9 Å². The van der Waals surface area contributed by atoms with Crippen molar-refractivity contribution in [3.63, 3.8) is 0 Å². The number of benzene rings is 1. The van der Waals surface area contributed by atoms with Crippen LogP contribution in [0.2, 0.25) is 0 Å². The predicted octanol–water partition coefficient (Wildman–Crippen LogP) is 4.58. The van der Waals surface area contributed by atoms with Gasteiger partial charge in [-0.1, -0.05) is 22.0 Å². The normalized spacial score (nSPS) is 11.2. The molecule has 2 N–H and O–H groups in total. The topological polar surface area (TPSA) is 49.3 Å². The molecule has 0 fully saturated rings. The molecule has 0 radical (unpaired) electrons. The maximum Gasteiger partial charge on any atom is 0.191 e. The number of thiazole rings is 1. The third kappa shape index (κ3) is 7.18. The van der Waals surface area contributed by atoms with Crippen molar-refractivity contribution in [2.75, 3.05) is 13.1 Å². The Bertz CT molecular complexity index is 701. The maximum atomic E-state index is 13.9. The molecule has 4 nitrogen and oxygen atoms in total. The van der Waals surface area contributed by atoms with Crippen molar-refractivity contribution in [3.05, 3.63) is 49.6 Å². The SMILES string of the molecule is CCNC(=NCc1ccc(Br)cc1F)NCCc1nc(C)c(C)s1.I. The number of aryl methyl sites for hydroxylation is 2. The van der Waals surface area contributed by atoms with Gasteiger partial charge in [0.25, 0.3) is 0 Å². The Labute approximate surface area is 177 Å². The van der Waals surface area contributed by atoms with E-state index in [2.05, 4.69) is 43.5 Å². The Hall–Kier alpha value is -0.740. The van der Waals surface area contributed by atoms with Gasteiger partial charge in [0.15, 0.2) is 5.96 Å². The summed E-state index contributed by atoms with van der Waals surface area (Å²) in [5, 5.41) is 7.57. The second-order valence-corrected chi connectivity index (χ2v) is 7.56. The van der Waals surface area contributed by atoms with E-state index in [1.807, 2.05) is 19.9 Å². The van der Waals surface area contributed by atoms with Crippen molar-refractivity contribution in [1.29, 1.82) is 0 Å². The lowest BCUT2D eigenvalue weighted by Crippen LogP contribution is -2.38. The Morgan fingerprint density at radius 2 is 2.08 bits per heavy atom. The number of nitrogens with zero attached hydrogens (tertiary/aromatic N) is 2. The first kappa shape index (κ1) is 22.3. The highest BCUT2D eigenvalue weighted by molar-refractivity contribution is 14.0. The highest BCUT2D eigenvalue weighted by atomic mass is 127. The number of hydrogen-bond donors (Lipinski definition) is 2. The van der Waals surface area contributed by atoms with Gasteiger partial charge in [-0.25, -0.2) is 14.4 Å². The number of hydrogen-bond acceptors (Lipinski definition) is 3. The molecule has 1 aromatic heterocycles. The van der Waals surface area contributed by atoms with Crippen molar-refractivity contribution in [3.8, 4) is 0 Å². The lowest BCUT2D eigenvalue weighted by molar-refractivity contribution is 0.609. The third-order valence-electron chi connectivity index (χ3n) is 3.47. The highest BCUT2D eigenvalue weighted by Gasteiger charge is 2.05. The quantitative estimate of drug-likeness (QED) is 0.320. The average molecular weight is 541 g/mol. The van der Waals surface area contributed by atoms with E-state index in [-0.39, 0.29) is 29.8 Å². The largest absolute Gasteiger partial charge is 0.357 e. The van der Waals surface area contributed by atoms with E-state index >= 15 is 0 Å². The molecule has 0 bridgehead atoms. The summed E-state index contributed by atoms with van der Waals surface area (Å²) in [6, 6.07) is 5.02. The van der Waals surface area contributed by atoms with Crippen LogP contribution < -0.4 is 10.6 Å². The van der Waals surface area contributed by atoms with Gasteiger partial charge < -0.3 is 10.6 Å². The van der Waals surface area contributed by atoms with Crippen LogP contribution in [0.25, 0.3) is 0 Å². The smallest absolute Gasteiger partial charge is 0.191 e. The van der Waals surface area contributed by atoms with E-state index in [1.165, 1.54) is 10.9 Å². The van der Waals surface area contributed by atoms with Gasteiger partial charge in [-0.2, -0.15) is 0 Å². The summed E-state index contributed by atoms with van der Waals surface area (Å²) in [6.45, 7) is 7.91. The monoisotopic (exact) mass is 540 g/mol. The number of halogens is 3. The number of nitrogens with one attached hydrogen (secondary N) is 2. The fourth-order valence-corrected chi connectivity index (χ4v) is 3.36. The number of rotatable bonds is 6. The molecule has 0 saturated carbocycles. The van der Waals surface area contributed by atoms with Crippen LogP contribution in [0.5, 0.6) is 0 Å². The summed E-state index contributed by atoms with van der Waals surface area (Å²) in [7, 11) is 0. The second kappa shape index (κ2) is 11.1. The maximum absolute atomic E-state index is 13.9. The molecule has 0 amide bonds. The van der Waals surface area contributed by atoms with E-state index < -0.39 is 0 Å². The Morgan fingerprint density at radius 3 is 2.68 bits per heavy atom. The van der Waals surface area contributed by atoms with Crippen LogP contribution in [-0.4, -0.2) is 24.0 Å². The minimum atomic E-state index is -0.252. The summed E-state index contributed by atoms with van der Waals surface area (Å²) < 4.78 is 14.6. The molecule has 1 aromatic carbocycles. The summed E-state index contributed by atoms with van der Waals surface area (Å²) in [5.74, 6) is 0.433. The van der Waals surface area contributed by atoms with E-state index in [1.54, 1.807) is 17.4 Å². The van der Waals surface area contributed by atoms with Crippen LogP contribution in [0.15, 0.2) is 27.7 Å². The molecular formula is C17H23BrFIN4S. The van der Waals surface area contributed by atoms with Gasteiger partial charge in [0.2, 0.25) is 0 Å².